The van der Waals surface area contributed by atoms with Crippen LogP contribution < -0.4 is 16.1 Å². The Kier molecular flexibility index (Phi) is 6.90. The Bertz CT molecular complexity index is 1800. The number of aryl methyl sites for hydroxylation is 1. The number of aromatic nitrogens is 2. The minimum atomic E-state index is -0.709. The Morgan fingerprint density at radius 3 is 1.90 bits per heavy atom. The zero-order chi connectivity index (χ0) is 28.4. The van der Waals surface area contributed by atoms with Crippen LogP contribution in [0.1, 0.15) is 32.0 Å². The van der Waals surface area contributed by atoms with E-state index in [1.807, 2.05) is 0 Å². The number of nitrogens with one attached hydrogen (secondary N) is 2. The number of rotatable bonds is 6. The molecule has 2 aliphatic rings. The molecule has 0 spiro atoms. The average Bonchev–Trinajstić information content (AvgIpc) is 2.94. The highest BCUT2D eigenvalue weighted by atomic mass is 16.6. The van der Waals surface area contributed by atoms with Gasteiger partial charge >= 0.3 is 0 Å². The molecular formula is C30H23N5O5. The largest absolute Gasteiger partial charge is 0.322 e. The van der Waals surface area contributed by atoms with Crippen LogP contribution in [0.15, 0.2) is 95.8 Å². The van der Waals surface area contributed by atoms with Gasteiger partial charge in [0.1, 0.15) is 5.69 Å². The molecule has 0 atom stereocenters. The number of hydrogen-bond donors (Lipinski definition) is 2. The Hall–Kier alpha value is -5.64. The fourth-order valence-corrected chi connectivity index (χ4v) is 4.58. The third kappa shape index (κ3) is 4.81. The van der Waals surface area contributed by atoms with Gasteiger partial charge in [-0.3, -0.25) is 24.5 Å². The van der Waals surface area contributed by atoms with Crippen LogP contribution in [0, 0.1) is 24.0 Å². The highest BCUT2D eigenvalue weighted by Crippen LogP contribution is 2.34. The standard InChI is InChI=1S/C30H23N5O5/c1-18-17-24(36)26(30(38)32-21-13-7-4-8-14-21)27-25(29(37)31-20-11-5-3-6-12-20)19(2)34(33-28(18)27)22-15-9-10-16-23(22)35(39)40/h3-17H,1-2H3,(H,31,37)(H,32,38). The van der Waals surface area contributed by atoms with Crippen LogP contribution in [0.4, 0.5) is 17.1 Å². The average molecular weight is 534 g/mol. The molecule has 40 heavy (non-hydrogen) atoms. The van der Waals surface area contributed by atoms with E-state index >= 15 is 0 Å². The summed E-state index contributed by atoms with van der Waals surface area (Å²) in [7, 11) is 0. The second-order valence-corrected chi connectivity index (χ2v) is 9.05. The molecule has 10 nitrogen and oxygen atoms in total. The van der Waals surface area contributed by atoms with Crippen molar-refractivity contribution in [1.82, 2.24) is 9.78 Å². The van der Waals surface area contributed by atoms with E-state index in [0.717, 1.165) is 0 Å². The Morgan fingerprint density at radius 1 is 0.800 bits per heavy atom. The maximum absolute atomic E-state index is 13.9. The van der Waals surface area contributed by atoms with Gasteiger partial charge in [0.15, 0.2) is 5.43 Å². The number of amides is 2. The van der Waals surface area contributed by atoms with Crippen molar-refractivity contribution >= 4 is 28.9 Å². The summed E-state index contributed by atoms with van der Waals surface area (Å²) in [4.78, 5) is 52.0. The molecule has 1 aliphatic carbocycles. The van der Waals surface area contributed by atoms with Crippen molar-refractivity contribution in [2.24, 2.45) is 0 Å². The number of carbonyl (C=O) groups excluding carboxylic acids is 2. The molecule has 3 aromatic carbocycles. The topological polar surface area (TPSA) is 136 Å². The summed E-state index contributed by atoms with van der Waals surface area (Å²) in [6, 6.07) is 24.6. The van der Waals surface area contributed by atoms with Crippen molar-refractivity contribution in [2.75, 3.05) is 10.6 Å². The number of nitro groups is 1. The Labute approximate surface area is 228 Å². The van der Waals surface area contributed by atoms with E-state index in [2.05, 4.69) is 15.7 Å². The molecule has 2 N–H and O–H groups in total. The van der Waals surface area contributed by atoms with Gasteiger partial charge in [-0.15, -0.1) is 0 Å². The quantitative estimate of drug-likeness (QED) is 0.223. The first kappa shape index (κ1) is 26.0. The minimum absolute atomic E-state index is 0.00832. The molecule has 10 heteroatoms. The number of fused-ring (bicyclic) bond motifs is 1. The van der Waals surface area contributed by atoms with E-state index in [9.17, 15) is 24.5 Å². The Balaban J connectivity index is 1.82. The highest BCUT2D eigenvalue weighted by Gasteiger charge is 2.32. The summed E-state index contributed by atoms with van der Waals surface area (Å²) >= 11 is 0. The van der Waals surface area contributed by atoms with E-state index in [1.165, 1.54) is 28.9 Å². The Morgan fingerprint density at radius 2 is 1.32 bits per heavy atom. The molecule has 0 aromatic heterocycles. The summed E-state index contributed by atoms with van der Waals surface area (Å²) in [5.74, 6) is -1.32. The van der Waals surface area contributed by atoms with Gasteiger partial charge < -0.3 is 10.6 Å². The molecule has 5 rings (SSSR count). The van der Waals surface area contributed by atoms with E-state index in [1.54, 1.807) is 80.6 Å². The lowest BCUT2D eigenvalue weighted by Crippen LogP contribution is -2.28. The van der Waals surface area contributed by atoms with Gasteiger partial charge in [-0.05, 0) is 55.8 Å². The fourth-order valence-electron chi connectivity index (χ4n) is 4.58. The molecule has 0 saturated heterocycles. The lowest BCUT2D eigenvalue weighted by molar-refractivity contribution is -0.384. The maximum Gasteiger partial charge on any atom is 0.294 e. The van der Waals surface area contributed by atoms with Crippen molar-refractivity contribution in [3.05, 3.63) is 134 Å². The summed E-state index contributed by atoms with van der Waals surface area (Å²) < 4.78 is 1.30. The van der Waals surface area contributed by atoms with Crippen LogP contribution in [-0.4, -0.2) is 26.5 Å². The number of nitrogens with zero attached hydrogens (tertiary/aromatic N) is 3. The molecule has 198 valence electrons. The van der Waals surface area contributed by atoms with Crippen molar-refractivity contribution in [3.8, 4) is 16.9 Å². The molecular weight excluding hydrogens is 510 g/mol. The van der Waals surface area contributed by atoms with Crippen molar-refractivity contribution in [1.29, 1.82) is 0 Å². The molecule has 0 radical (unpaired) electrons. The lowest BCUT2D eigenvalue weighted by Gasteiger charge is -2.22. The second kappa shape index (κ2) is 10.6. The molecule has 1 heterocycles. The summed E-state index contributed by atoms with van der Waals surface area (Å²) in [5.41, 5.74) is 0.839. The SMILES string of the molecule is Cc1cc(=O)c(C(=O)Nc2ccccc2)c2c(C(=O)Nc3ccccc3)c(C)n(-c3ccccc3[N+](=O)[O-])nc1-2. The molecule has 2 amide bonds. The zero-order valence-corrected chi connectivity index (χ0v) is 21.5. The van der Waals surface area contributed by atoms with Crippen molar-refractivity contribution in [2.45, 2.75) is 13.8 Å². The van der Waals surface area contributed by atoms with Crippen LogP contribution in [0.2, 0.25) is 0 Å². The number of para-hydroxylation sites is 4. The highest BCUT2D eigenvalue weighted by molar-refractivity contribution is 6.16. The first-order chi connectivity index (χ1) is 19.3. The maximum atomic E-state index is 13.9. The molecule has 0 bridgehead atoms. The third-order valence-electron chi connectivity index (χ3n) is 6.41. The minimum Gasteiger partial charge on any atom is -0.322 e. The smallest absolute Gasteiger partial charge is 0.294 e. The van der Waals surface area contributed by atoms with E-state index in [4.69, 9.17) is 0 Å². The van der Waals surface area contributed by atoms with Crippen LogP contribution >= 0.6 is 0 Å². The predicted molar refractivity (Wildman–Crippen MR) is 151 cm³/mol. The summed E-state index contributed by atoms with van der Waals surface area (Å²) in [5, 5.41) is 22.0. The van der Waals surface area contributed by atoms with Gasteiger partial charge in [-0.25, -0.2) is 4.68 Å². The van der Waals surface area contributed by atoms with Crippen LogP contribution in [0.5, 0.6) is 0 Å². The monoisotopic (exact) mass is 533 g/mol. The lowest BCUT2D eigenvalue weighted by atomic mass is 9.91. The van der Waals surface area contributed by atoms with Crippen LogP contribution in [0.3, 0.4) is 0 Å². The second-order valence-electron chi connectivity index (χ2n) is 9.05. The van der Waals surface area contributed by atoms with E-state index < -0.39 is 22.2 Å². The fraction of sp³-hybridized carbons (Fsp3) is 0.0667. The number of hydrogen-bond acceptors (Lipinski definition) is 6. The van der Waals surface area contributed by atoms with Gasteiger partial charge in [0.25, 0.3) is 17.5 Å². The van der Waals surface area contributed by atoms with Gasteiger partial charge in [-0.2, -0.15) is 5.10 Å². The number of carbonyl (C=O) groups is 2. The normalized spacial score (nSPS) is 10.8. The van der Waals surface area contributed by atoms with Gasteiger partial charge in [-0.1, -0.05) is 48.5 Å². The van der Waals surface area contributed by atoms with Gasteiger partial charge in [0.2, 0.25) is 0 Å². The molecule has 0 saturated carbocycles. The number of nitro benzene ring substituents is 1. The van der Waals surface area contributed by atoms with Crippen LogP contribution in [0.25, 0.3) is 16.9 Å². The van der Waals surface area contributed by atoms with E-state index in [-0.39, 0.29) is 39.5 Å². The summed E-state index contributed by atoms with van der Waals surface area (Å²) in [6.45, 7) is 3.20. The zero-order valence-electron chi connectivity index (χ0n) is 21.5. The van der Waals surface area contributed by atoms with Crippen molar-refractivity contribution < 1.29 is 14.5 Å². The van der Waals surface area contributed by atoms with Crippen molar-refractivity contribution in [3.63, 3.8) is 0 Å². The van der Waals surface area contributed by atoms with Gasteiger partial charge in [0.05, 0.1) is 27.4 Å². The molecule has 1 aliphatic heterocycles. The molecule has 3 aromatic rings. The number of anilines is 2. The molecule has 0 unspecified atom stereocenters. The number of benzene rings is 4. The van der Waals surface area contributed by atoms with Gasteiger partial charge in [0, 0.05) is 23.0 Å². The summed E-state index contributed by atoms with van der Waals surface area (Å²) in [6.07, 6.45) is 0. The van der Waals surface area contributed by atoms with E-state index in [0.29, 0.717) is 16.9 Å². The molecule has 0 fully saturated rings. The first-order valence-electron chi connectivity index (χ1n) is 12.3. The third-order valence-corrected chi connectivity index (χ3v) is 6.41. The van der Waals surface area contributed by atoms with Crippen LogP contribution in [-0.2, 0) is 0 Å². The first-order valence-corrected chi connectivity index (χ1v) is 12.3. The predicted octanol–water partition coefficient (Wildman–Crippen LogP) is 5.37.